The van der Waals surface area contributed by atoms with E-state index in [2.05, 4.69) is 35.9 Å². The summed E-state index contributed by atoms with van der Waals surface area (Å²) in [7, 11) is 2.54. The first-order valence-corrected chi connectivity index (χ1v) is 22.2. The van der Waals surface area contributed by atoms with Gasteiger partial charge in [-0.3, -0.25) is 20.2 Å². The zero-order valence-electron chi connectivity index (χ0n) is 36.3. The van der Waals surface area contributed by atoms with Gasteiger partial charge in [-0.1, -0.05) is 18.2 Å². The Hall–Kier alpha value is -6.44. The first kappa shape index (κ1) is 43.8. The number of nitrogens with one attached hydrogen (secondary N) is 5. The SMILES string of the molecule is COC(=O)NC(NC1CCOC1)C(=O)N1CCCC1c1ncc(-c2ccc3nc(-c4ccc(-c5cnc(C6CCCN6C(=O)C(NC(=O)OC)C6CCOCC6)[nH]5)cc4F)ccc3c2)[nH]1. The fourth-order valence-electron chi connectivity index (χ4n) is 9.48. The number of aromatic amines is 2. The van der Waals surface area contributed by atoms with E-state index in [9.17, 15) is 19.2 Å². The number of nitrogens with zero attached hydrogens (tertiary/aromatic N) is 5. The van der Waals surface area contributed by atoms with E-state index < -0.39 is 30.2 Å². The van der Waals surface area contributed by atoms with Crippen molar-refractivity contribution in [2.45, 2.75) is 75.3 Å². The van der Waals surface area contributed by atoms with E-state index in [1.54, 1.807) is 34.3 Å². The topological polar surface area (TPSA) is 218 Å². The first-order valence-electron chi connectivity index (χ1n) is 22.2. The average Bonchev–Trinajstić information content (AvgIpc) is 4.20. The molecular weight excluding hydrogens is 840 g/mol. The lowest BCUT2D eigenvalue weighted by atomic mass is 9.90. The molecule has 5 aromatic rings. The van der Waals surface area contributed by atoms with Gasteiger partial charge in [0.05, 0.1) is 67.9 Å². The highest BCUT2D eigenvalue weighted by atomic mass is 19.1. The van der Waals surface area contributed by atoms with Gasteiger partial charge in [-0.25, -0.2) is 28.9 Å². The molecule has 0 aliphatic carbocycles. The molecular formula is C46H53FN10O8. The van der Waals surface area contributed by atoms with E-state index in [0.29, 0.717) is 105 Å². The van der Waals surface area contributed by atoms with Crippen LogP contribution in [-0.4, -0.2) is 131 Å². The predicted molar refractivity (Wildman–Crippen MR) is 234 cm³/mol. The summed E-state index contributed by atoms with van der Waals surface area (Å²) in [5.41, 5.74) is 4.33. The van der Waals surface area contributed by atoms with E-state index in [0.717, 1.165) is 35.9 Å². The number of rotatable bonds is 12. The summed E-state index contributed by atoms with van der Waals surface area (Å²) in [5.74, 6) is 0.257. The van der Waals surface area contributed by atoms with Gasteiger partial charge in [-0.05, 0) is 81.2 Å². The molecule has 19 heteroatoms. The molecule has 2 aromatic carbocycles. The smallest absolute Gasteiger partial charge is 0.408 e. The first-order chi connectivity index (χ1) is 31.7. The molecule has 342 valence electrons. The van der Waals surface area contributed by atoms with Crippen molar-refractivity contribution in [2.75, 3.05) is 53.7 Å². The van der Waals surface area contributed by atoms with Gasteiger partial charge in [0.25, 0.3) is 5.91 Å². The third-order valence-electron chi connectivity index (χ3n) is 12.9. The molecule has 4 amide bonds. The second-order valence-corrected chi connectivity index (χ2v) is 16.9. The summed E-state index contributed by atoms with van der Waals surface area (Å²) in [6, 6.07) is 13.0. The molecule has 65 heavy (non-hydrogen) atoms. The van der Waals surface area contributed by atoms with E-state index in [1.165, 1.54) is 20.3 Å². The van der Waals surface area contributed by atoms with Gasteiger partial charge in [-0.15, -0.1) is 0 Å². The molecule has 5 atom stereocenters. The minimum atomic E-state index is -0.979. The van der Waals surface area contributed by atoms with Gasteiger partial charge in [0.15, 0.2) is 6.17 Å². The average molecular weight is 893 g/mol. The molecule has 4 fully saturated rings. The van der Waals surface area contributed by atoms with Crippen LogP contribution in [0.1, 0.15) is 68.7 Å². The van der Waals surface area contributed by atoms with Crippen LogP contribution in [-0.2, 0) is 28.5 Å². The Morgan fingerprint density at radius 2 is 1.38 bits per heavy atom. The number of halogens is 1. The van der Waals surface area contributed by atoms with Gasteiger partial charge in [-0.2, -0.15) is 0 Å². The van der Waals surface area contributed by atoms with E-state index >= 15 is 4.39 Å². The maximum atomic E-state index is 15.9. The van der Waals surface area contributed by atoms with Crippen molar-refractivity contribution in [3.63, 3.8) is 0 Å². The molecule has 0 saturated carbocycles. The minimum absolute atomic E-state index is 0.0737. The number of fused-ring (bicyclic) bond motifs is 1. The summed E-state index contributed by atoms with van der Waals surface area (Å²) in [5, 5.41) is 9.48. The van der Waals surface area contributed by atoms with E-state index in [1.807, 2.05) is 30.3 Å². The standard InChI is InChI=1S/C46H53FN10O8/c1-62-45(60)54-39(26-13-18-64-19-14-26)43(58)56-16-3-5-37(56)40-49-24-36(53-40)29-7-10-31(32(47)22-29)34-12-9-27-21-28(8-11-33(27)51-34)35-23-48-41(52-35)38-6-4-17-57(38)44(59)42(55-46(61)63-2)50-30-15-20-65-25-30/h7-12,21-24,26,30,37-39,42,50H,3-6,13-20,25H2,1-2H3,(H,48,52)(H,49,53)(H,54,60)(H,55,61). The molecule has 3 aromatic heterocycles. The number of methoxy groups -OCH3 is 2. The van der Waals surface area contributed by atoms with E-state index in [-0.39, 0.29) is 35.9 Å². The van der Waals surface area contributed by atoms with Gasteiger partial charge >= 0.3 is 12.2 Å². The third kappa shape index (κ3) is 9.39. The van der Waals surface area contributed by atoms with Gasteiger partial charge in [0.2, 0.25) is 5.91 Å². The number of likely N-dealkylation sites (tertiary alicyclic amines) is 2. The highest BCUT2D eigenvalue weighted by molar-refractivity contribution is 5.88. The Morgan fingerprint density at radius 3 is 2.03 bits per heavy atom. The van der Waals surface area contributed by atoms with Crippen molar-refractivity contribution in [3.05, 3.63) is 78.4 Å². The fourth-order valence-corrected chi connectivity index (χ4v) is 9.48. The number of hydrogen-bond acceptors (Lipinski definition) is 12. The van der Waals surface area contributed by atoms with Crippen molar-refractivity contribution >= 4 is 34.9 Å². The summed E-state index contributed by atoms with van der Waals surface area (Å²) in [6.45, 7) is 3.11. The Balaban J connectivity index is 0.873. The van der Waals surface area contributed by atoms with Gasteiger partial charge < -0.3 is 44.0 Å². The minimum Gasteiger partial charge on any atom is -0.453 e. The predicted octanol–water partition coefficient (Wildman–Crippen LogP) is 5.36. The normalized spacial score (nSPS) is 21.1. The molecule has 4 aliphatic heterocycles. The molecule has 7 heterocycles. The van der Waals surface area contributed by atoms with Crippen LogP contribution >= 0.6 is 0 Å². The largest absolute Gasteiger partial charge is 0.453 e. The summed E-state index contributed by atoms with van der Waals surface area (Å²) in [6.07, 6.45) is 6.04. The number of benzene rings is 2. The van der Waals surface area contributed by atoms with Crippen molar-refractivity contribution < 1.29 is 42.5 Å². The number of amides is 4. The molecule has 18 nitrogen and oxygen atoms in total. The molecule has 0 radical (unpaired) electrons. The Morgan fingerprint density at radius 1 is 0.754 bits per heavy atom. The third-order valence-corrected chi connectivity index (χ3v) is 12.9. The van der Waals surface area contributed by atoms with Crippen LogP contribution < -0.4 is 16.0 Å². The second kappa shape index (κ2) is 19.3. The monoisotopic (exact) mass is 892 g/mol. The maximum absolute atomic E-state index is 15.9. The maximum Gasteiger partial charge on any atom is 0.408 e. The highest BCUT2D eigenvalue weighted by Crippen LogP contribution is 2.36. The van der Waals surface area contributed by atoms with Gasteiger partial charge in [0, 0.05) is 61.0 Å². The van der Waals surface area contributed by atoms with E-state index in [4.69, 9.17) is 23.9 Å². The summed E-state index contributed by atoms with van der Waals surface area (Å²) >= 11 is 0. The number of imidazole rings is 2. The number of aromatic nitrogens is 5. The molecule has 4 aliphatic rings. The fraction of sp³-hybridized carbons (Fsp3) is 0.457. The van der Waals surface area contributed by atoms with Crippen LogP contribution in [0.2, 0.25) is 0 Å². The van der Waals surface area contributed by atoms with Crippen LogP contribution in [0.15, 0.2) is 60.9 Å². The number of ether oxygens (including phenoxy) is 4. The summed E-state index contributed by atoms with van der Waals surface area (Å²) < 4.78 is 36.6. The lowest BCUT2D eigenvalue weighted by Gasteiger charge is -2.34. The van der Waals surface area contributed by atoms with Crippen molar-refractivity contribution in [1.29, 1.82) is 0 Å². The lowest BCUT2D eigenvalue weighted by molar-refractivity contribution is -0.137. The molecule has 5 N–H and O–H groups in total. The molecule has 4 saturated heterocycles. The number of carbonyl (C=O) groups is 4. The number of pyridine rings is 1. The molecule has 5 unspecified atom stereocenters. The van der Waals surface area contributed by atoms with Crippen LogP contribution in [0.25, 0.3) is 44.7 Å². The number of carbonyl (C=O) groups excluding carboxylic acids is 4. The number of alkyl carbamates (subject to hydrolysis) is 2. The van der Waals surface area contributed by atoms with Gasteiger partial charge in [0.1, 0.15) is 23.5 Å². The van der Waals surface area contributed by atoms with Crippen LogP contribution in [0.3, 0.4) is 0 Å². The number of H-pyrrole nitrogens is 2. The Labute approximate surface area is 374 Å². The highest BCUT2D eigenvalue weighted by Gasteiger charge is 2.41. The van der Waals surface area contributed by atoms with Crippen molar-refractivity contribution in [2.24, 2.45) is 5.92 Å². The Bertz CT molecular complexity index is 2540. The summed E-state index contributed by atoms with van der Waals surface area (Å²) in [4.78, 5) is 76.7. The van der Waals surface area contributed by atoms with Crippen molar-refractivity contribution in [3.8, 4) is 33.8 Å². The zero-order valence-corrected chi connectivity index (χ0v) is 36.3. The van der Waals surface area contributed by atoms with Crippen LogP contribution in [0, 0.1) is 11.7 Å². The number of hydrogen-bond donors (Lipinski definition) is 5. The van der Waals surface area contributed by atoms with Crippen LogP contribution in [0.4, 0.5) is 14.0 Å². The van der Waals surface area contributed by atoms with Crippen LogP contribution in [0.5, 0.6) is 0 Å². The molecule has 9 rings (SSSR count). The lowest BCUT2D eigenvalue weighted by Crippen LogP contribution is -2.58. The zero-order chi connectivity index (χ0) is 45.0. The second-order valence-electron chi connectivity index (χ2n) is 16.9. The molecule has 0 spiro atoms. The van der Waals surface area contributed by atoms with Crippen molar-refractivity contribution in [1.82, 2.24) is 50.7 Å². The molecule has 0 bridgehead atoms. The quantitative estimate of drug-likeness (QED) is 0.100. The Kier molecular flexibility index (Phi) is 13.0.